The van der Waals surface area contributed by atoms with E-state index in [4.69, 9.17) is 0 Å². The molecule has 0 saturated heterocycles. The van der Waals surface area contributed by atoms with Crippen molar-refractivity contribution in [3.8, 4) is 5.69 Å². The lowest BCUT2D eigenvalue weighted by Gasteiger charge is -2.43. The standard InChI is InChI=1S/C41H26BN3O/c46-41-44(30-23-25-36-32(26-30)31-17-7-9-19-35(31)43(36)29-15-5-2-6-16-29)38-21-11-12-27-22-24-34-40(39(27)38)45(41)37-20-10-8-18-33(37)42(34)28-13-3-1-4-14-28/h1-26H. The third kappa shape index (κ3) is 3.37. The molecule has 2 amide bonds. The Labute approximate surface area is 266 Å². The molecule has 8 aromatic rings. The Kier molecular flexibility index (Phi) is 5.20. The fourth-order valence-corrected chi connectivity index (χ4v) is 7.85. The van der Waals surface area contributed by atoms with Crippen LogP contribution in [0.4, 0.5) is 27.5 Å². The minimum Gasteiger partial charge on any atom is -0.309 e. The van der Waals surface area contributed by atoms with Crippen LogP contribution in [0.15, 0.2) is 158 Å². The van der Waals surface area contributed by atoms with Gasteiger partial charge in [0.2, 0.25) is 6.71 Å². The quantitative estimate of drug-likeness (QED) is 0.192. The van der Waals surface area contributed by atoms with E-state index < -0.39 is 0 Å². The molecule has 0 bridgehead atoms. The van der Waals surface area contributed by atoms with Crippen LogP contribution >= 0.6 is 0 Å². The molecule has 10 rings (SSSR count). The summed E-state index contributed by atoms with van der Waals surface area (Å²) in [5, 5.41) is 4.48. The van der Waals surface area contributed by atoms with E-state index in [-0.39, 0.29) is 12.7 Å². The zero-order chi connectivity index (χ0) is 30.4. The highest BCUT2D eigenvalue weighted by molar-refractivity contribution is 6.98. The van der Waals surface area contributed by atoms with Crippen LogP contribution in [0.2, 0.25) is 0 Å². The van der Waals surface area contributed by atoms with E-state index in [1.165, 1.54) is 5.46 Å². The second kappa shape index (κ2) is 9.47. The van der Waals surface area contributed by atoms with Gasteiger partial charge in [-0.3, -0.25) is 9.80 Å². The van der Waals surface area contributed by atoms with Crippen LogP contribution < -0.4 is 26.2 Å². The summed E-state index contributed by atoms with van der Waals surface area (Å²) in [7, 11) is 0. The number of fused-ring (bicyclic) bond motifs is 5. The van der Waals surface area contributed by atoms with Crippen LogP contribution in [0, 0.1) is 0 Å². The SMILES string of the molecule is O=C1N(c2ccc3c(c2)c2ccccc2n3-c2ccccc2)c2cccc3ccc4c(c23)N1c1ccccc1B4c1ccccc1. The summed E-state index contributed by atoms with van der Waals surface area (Å²) >= 11 is 0. The van der Waals surface area contributed by atoms with E-state index in [0.29, 0.717) is 0 Å². The van der Waals surface area contributed by atoms with E-state index in [1.807, 2.05) is 21.9 Å². The normalized spacial score (nSPS) is 13.6. The Bertz CT molecular complexity index is 2520. The second-order valence-corrected chi connectivity index (χ2v) is 12.1. The number of rotatable bonds is 3. The maximum Gasteiger partial charge on any atom is 0.338 e. The molecule has 0 radical (unpaired) electrons. The largest absolute Gasteiger partial charge is 0.338 e. The number of hydrogen-bond acceptors (Lipinski definition) is 1. The Morgan fingerprint density at radius 1 is 0.478 bits per heavy atom. The first-order chi connectivity index (χ1) is 22.8. The molecule has 0 aliphatic carbocycles. The number of anilines is 4. The van der Waals surface area contributed by atoms with E-state index in [0.717, 1.165) is 71.9 Å². The molecule has 0 spiro atoms. The van der Waals surface area contributed by atoms with Gasteiger partial charge in [0.15, 0.2) is 0 Å². The van der Waals surface area contributed by atoms with Gasteiger partial charge in [-0.1, -0.05) is 115 Å². The molecule has 4 nitrogen and oxygen atoms in total. The highest BCUT2D eigenvalue weighted by Crippen LogP contribution is 2.47. The molecule has 46 heavy (non-hydrogen) atoms. The highest BCUT2D eigenvalue weighted by Gasteiger charge is 2.43. The molecule has 0 unspecified atom stereocenters. The Balaban J connectivity index is 1.25. The summed E-state index contributed by atoms with van der Waals surface area (Å²) in [4.78, 5) is 18.9. The average Bonchev–Trinajstić information content (AvgIpc) is 3.45. The average molecular weight is 587 g/mol. The Morgan fingerprint density at radius 3 is 2.07 bits per heavy atom. The summed E-state index contributed by atoms with van der Waals surface area (Å²) in [5.41, 5.74) is 10.5. The van der Waals surface area contributed by atoms with E-state index in [2.05, 4.69) is 150 Å². The summed E-state index contributed by atoms with van der Waals surface area (Å²) in [6, 6.07) is 55.1. The van der Waals surface area contributed by atoms with Gasteiger partial charge in [-0.25, -0.2) is 4.79 Å². The third-order valence-electron chi connectivity index (χ3n) is 9.74. The Morgan fingerprint density at radius 2 is 1.20 bits per heavy atom. The number of hydrogen-bond donors (Lipinski definition) is 0. The second-order valence-electron chi connectivity index (χ2n) is 12.1. The summed E-state index contributed by atoms with van der Waals surface area (Å²) in [6.07, 6.45) is 0. The van der Waals surface area contributed by atoms with Crippen molar-refractivity contribution in [2.24, 2.45) is 0 Å². The topological polar surface area (TPSA) is 28.5 Å². The lowest BCUT2D eigenvalue weighted by molar-refractivity contribution is 0.255. The molecule has 3 heterocycles. The first kappa shape index (κ1) is 25.3. The summed E-state index contributed by atoms with van der Waals surface area (Å²) in [5.74, 6) is 0. The minimum atomic E-state index is -0.0717. The van der Waals surface area contributed by atoms with Crippen LogP contribution in [0.5, 0.6) is 0 Å². The number of para-hydroxylation sites is 3. The molecule has 0 atom stereocenters. The molecule has 0 saturated carbocycles. The van der Waals surface area contributed by atoms with Crippen molar-refractivity contribution in [2.45, 2.75) is 0 Å². The van der Waals surface area contributed by atoms with Crippen LogP contribution in [-0.4, -0.2) is 17.3 Å². The summed E-state index contributed by atoms with van der Waals surface area (Å²) < 4.78 is 2.30. The van der Waals surface area contributed by atoms with Crippen LogP contribution in [0.3, 0.4) is 0 Å². The molecule has 7 aromatic carbocycles. The summed E-state index contributed by atoms with van der Waals surface area (Å²) in [6.45, 7) is 0.0286. The molecule has 2 aliphatic rings. The van der Waals surface area contributed by atoms with Gasteiger partial charge in [-0.05, 0) is 64.8 Å². The lowest BCUT2D eigenvalue weighted by Crippen LogP contribution is -2.60. The van der Waals surface area contributed by atoms with Crippen molar-refractivity contribution in [2.75, 3.05) is 9.80 Å². The number of nitrogens with zero attached hydrogens (tertiary/aromatic N) is 3. The van der Waals surface area contributed by atoms with Gasteiger partial charge in [-0.2, -0.15) is 0 Å². The lowest BCUT2D eigenvalue weighted by atomic mass is 9.35. The van der Waals surface area contributed by atoms with E-state index in [1.54, 1.807) is 0 Å². The van der Waals surface area contributed by atoms with Crippen LogP contribution in [0.25, 0.3) is 38.3 Å². The fourth-order valence-electron chi connectivity index (χ4n) is 7.85. The predicted molar refractivity (Wildman–Crippen MR) is 192 cm³/mol. The fraction of sp³-hybridized carbons (Fsp3) is 0. The first-order valence-corrected chi connectivity index (χ1v) is 15.7. The van der Waals surface area contributed by atoms with E-state index in [9.17, 15) is 0 Å². The van der Waals surface area contributed by atoms with Gasteiger partial charge in [0.05, 0.1) is 28.1 Å². The number of amides is 2. The Hall–Kier alpha value is -6.07. The molecule has 0 fully saturated rings. The number of benzene rings is 7. The first-order valence-electron chi connectivity index (χ1n) is 15.7. The molecule has 1 aromatic heterocycles. The van der Waals surface area contributed by atoms with Crippen LogP contribution in [-0.2, 0) is 0 Å². The molecule has 0 N–H and O–H groups in total. The molecule has 2 aliphatic heterocycles. The molecule has 5 heteroatoms. The van der Waals surface area contributed by atoms with Gasteiger partial charge >= 0.3 is 6.03 Å². The highest BCUT2D eigenvalue weighted by atomic mass is 16.2. The monoisotopic (exact) mass is 587 g/mol. The maximum atomic E-state index is 15.0. The zero-order valence-electron chi connectivity index (χ0n) is 24.8. The van der Waals surface area contributed by atoms with Gasteiger partial charge < -0.3 is 4.57 Å². The van der Waals surface area contributed by atoms with Crippen molar-refractivity contribution in [1.29, 1.82) is 0 Å². The van der Waals surface area contributed by atoms with E-state index >= 15 is 4.79 Å². The van der Waals surface area contributed by atoms with Crippen molar-refractivity contribution in [3.63, 3.8) is 0 Å². The molecule has 214 valence electrons. The number of carbonyl (C=O) groups is 1. The molecular formula is C41H26BN3O. The zero-order valence-corrected chi connectivity index (χ0v) is 24.8. The smallest absolute Gasteiger partial charge is 0.309 e. The number of carbonyl (C=O) groups excluding carboxylic acids is 1. The van der Waals surface area contributed by atoms with Crippen molar-refractivity contribution >= 4 is 84.5 Å². The van der Waals surface area contributed by atoms with Gasteiger partial charge in [0, 0.05) is 27.5 Å². The van der Waals surface area contributed by atoms with Gasteiger partial charge in [0.1, 0.15) is 0 Å². The number of urea groups is 1. The number of aromatic nitrogens is 1. The molecular weight excluding hydrogens is 561 g/mol. The third-order valence-corrected chi connectivity index (χ3v) is 9.74. The van der Waals surface area contributed by atoms with Crippen LogP contribution in [0.1, 0.15) is 0 Å². The van der Waals surface area contributed by atoms with Crippen molar-refractivity contribution < 1.29 is 4.79 Å². The van der Waals surface area contributed by atoms with Gasteiger partial charge in [0.25, 0.3) is 0 Å². The van der Waals surface area contributed by atoms with Crippen molar-refractivity contribution in [1.82, 2.24) is 4.57 Å². The minimum absolute atomic E-state index is 0.0286. The van der Waals surface area contributed by atoms with Gasteiger partial charge in [-0.15, -0.1) is 0 Å². The maximum absolute atomic E-state index is 15.0. The predicted octanol–water partition coefficient (Wildman–Crippen LogP) is 8.18. The van der Waals surface area contributed by atoms with Crippen molar-refractivity contribution in [3.05, 3.63) is 158 Å².